The van der Waals surface area contributed by atoms with Crippen LogP contribution in [0.15, 0.2) is 47.4 Å². The second kappa shape index (κ2) is 5.92. The molecule has 0 saturated heterocycles. The second-order valence-electron chi connectivity index (χ2n) is 6.32. The first kappa shape index (κ1) is 17.2. The number of fused-ring (bicyclic) bond motifs is 2. The number of benzene rings is 2. The zero-order chi connectivity index (χ0) is 19.3. The highest BCUT2D eigenvalue weighted by Gasteiger charge is 2.39. The van der Waals surface area contributed by atoms with Gasteiger partial charge in [-0.15, -0.1) is 0 Å². The van der Waals surface area contributed by atoms with Gasteiger partial charge in [-0.3, -0.25) is 9.59 Å². The molecule has 1 aliphatic rings. The number of imidazole rings is 1. The molecule has 0 fully saturated rings. The molecule has 1 atom stereocenters. The number of sulfonamides is 1. The average molecular weight is 384 g/mol. The minimum absolute atomic E-state index is 0.0689. The molecule has 0 bridgehead atoms. The van der Waals surface area contributed by atoms with Crippen molar-refractivity contribution >= 4 is 32.9 Å². The number of aromatic nitrogens is 2. The highest BCUT2D eigenvalue weighted by molar-refractivity contribution is 7.90. The zero-order valence-electron chi connectivity index (χ0n) is 14.6. The van der Waals surface area contributed by atoms with Crippen LogP contribution in [0.5, 0.6) is 0 Å². The van der Waals surface area contributed by atoms with Gasteiger partial charge in [0.25, 0.3) is 21.8 Å². The first-order chi connectivity index (χ1) is 12.8. The summed E-state index contributed by atoms with van der Waals surface area (Å²) in [5.41, 5.74) is 1.88. The Morgan fingerprint density at radius 3 is 2.70 bits per heavy atom. The predicted octanol–water partition coefficient (Wildman–Crippen LogP) is 1.83. The van der Waals surface area contributed by atoms with E-state index in [4.69, 9.17) is 0 Å². The molecular formula is C18H16N4O4S. The van der Waals surface area contributed by atoms with Crippen molar-refractivity contribution in [3.05, 3.63) is 59.4 Å². The van der Waals surface area contributed by atoms with Gasteiger partial charge in [-0.05, 0) is 37.3 Å². The number of nitrogens with one attached hydrogen (secondary N) is 2. The van der Waals surface area contributed by atoms with E-state index < -0.39 is 27.9 Å². The number of carbonyl (C=O) groups is 2. The van der Waals surface area contributed by atoms with Crippen LogP contribution in [0.25, 0.3) is 11.0 Å². The van der Waals surface area contributed by atoms with Crippen molar-refractivity contribution in [2.75, 3.05) is 7.05 Å². The molecule has 2 amide bonds. The standard InChI is InChI=1S/C18H16N4O4S/c1-10(16-20-13-5-3-4-6-14(13)21-16)19-17(23)11-7-8-12-15(9-11)27(25,26)22(2)18(12)24/h3-10H,1-2H3,(H,19,23)(H,20,21)/t10-/m1/s1. The van der Waals surface area contributed by atoms with E-state index >= 15 is 0 Å². The molecule has 2 aromatic carbocycles. The Hall–Kier alpha value is -3.20. The number of para-hydroxylation sites is 2. The van der Waals surface area contributed by atoms with Crippen molar-refractivity contribution in [1.82, 2.24) is 19.6 Å². The lowest BCUT2D eigenvalue weighted by Gasteiger charge is -2.12. The number of nitrogens with zero attached hydrogens (tertiary/aromatic N) is 2. The van der Waals surface area contributed by atoms with E-state index in [1.54, 1.807) is 6.92 Å². The fourth-order valence-corrected chi connectivity index (χ4v) is 4.33. The third-order valence-corrected chi connectivity index (χ3v) is 6.34. The van der Waals surface area contributed by atoms with Crippen LogP contribution >= 0.6 is 0 Å². The number of H-pyrrole nitrogens is 1. The predicted molar refractivity (Wildman–Crippen MR) is 97.7 cm³/mol. The summed E-state index contributed by atoms with van der Waals surface area (Å²) >= 11 is 0. The summed E-state index contributed by atoms with van der Waals surface area (Å²) in [6.07, 6.45) is 0. The first-order valence-electron chi connectivity index (χ1n) is 8.22. The number of amides is 2. The maximum atomic E-state index is 12.6. The molecule has 2 N–H and O–H groups in total. The zero-order valence-corrected chi connectivity index (χ0v) is 15.4. The molecule has 1 aliphatic heterocycles. The Morgan fingerprint density at radius 1 is 1.22 bits per heavy atom. The lowest BCUT2D eigenvalue weighted by Crippen LogP contribution is -2.27. The minimum Gasteiger partial charge on any atom is -0.342 e. The van der Waals surface area contributed by atoms with Crippen molar-refractivity contribution in [2.24, 2.45) is 0 Å². The fourth-order valence-electron chi connectivity index (χ4n) is 3.01. The smallest absolute Gasteiger partial charge is 0.268 e. The van der Waals surface area contributed by atoms with E-state index in [-0.39, 0.29) is 16.0 Å². The van der Waals surface area contributed by atoms with Crippen LogP contribution < -0.4 is 5.32 Å². The van der Waals surface area contributed by atoms with Crippen molar-refractivity contribution in [3.8, 4) is 0 Å². The van der Waals surface area contributed by atoms with Crippen LogP contribution in [-0.4, -0.2) is 41.6 Å². The van der Waals surface area contributed by atoms with E-state index in [1.807, 2.05) is 24.3 Å². The van der Waals surface area contributed by atoms with Gasteiger partial charge >= 0.3 is 0 Å². The van der Waals surface area contributed by atoms with Crippen LogP contribution in [0.4, 0.5) is 0 Å². The van der Waals surface area contributed by atoms with Gasteiger partial charge < -0.3 is 10.3 Å². The molecule has 138 valence electrons. The number of carbonyl (C=O) groups excluding carboxylic acids is 2. The molecule has 0 spiro atoms. The molecule has 9 heteroatoms. The van der Waals surface area contributed by atoms with E-state index in [1.165, 1.54) is 25.2 Å². The van der Waals surface area contributed by atoms with Crippen LogP contribution in [0.2, 0.25) is 0 Å². The van der Waals surface area contributed by atoms with E-state index in [0.29, 0.717) is 10.1 Å². The molecular weight excluding hydrogens is 368 g/mol. The molecule has 3 aromatic rings. The summed E-state index contributed by atoms with van der Waals surface area (Å²) in [6, 6.07) is 11.1. The van der Waals surface area contributed by atoms with Gasteiger partial charge in [0.05, 0.1) is 22.6 Å². The van der Waals surface area contributed by atoms with Gasteiger partial charge in [-0.2, -0.15) is 0 Å². The normalized spacial score (nSPS) is 16.4. The summed E-state index contributed by atoms with van der Waals surface area (Å²) in [7, 11) is -2.71. The van der Waals surface area contributed by atoms with Gasteiger partial charge in [-0.25, -0.2) is 17.7 Å². The Morgan fingerprint density at radius 2 is 1.96 bits per heavy atom. The number of hydrogen-bond donors (Lipinski definition) is 2. The van der Waals surface area contributed by atoms with Gasteiger partial charge in [0.1, 0.15) is 10.7 Å². The Labute approximate surface area is 155 Å². The summed E-state index contributed by atoms with van der Waals surface area (Å²) < 4.78 is 25.2. The molecule has 8 nitrogen and oxygen atoms in total. The first-order valence-corrected chi connectivity index (χ1v) is 9.66. The molecule has 2 heterocycles. The lowest BCUT2D eigenvalue weighted by atomic mass is 10.1. The topological polar surface area (TPSA) is 112 Å². The molecule has 1 aromatic heterocycles. The molecule has 0 aliphatic carbocycles. The average Bonchev–Trinajstić information content (AvgIpc) is 3.16. The SMILES string of the molecule is C[C@@H](NC(=O)c1ccc2c(c1)S(=O)(=O)N(C)C2=O)c1nc2ccccc2[nH]1. The lowest BCUT2D eigenvalue weighted by molar-refractivity contribution is 0.0889. The van der Waals surface area contributed by atoms with Gasteiger partial charge in [0.15, 0.2) is 0 Å². The largest absolute Gasteiger partial charge is 0.342 e. The van der Waals surface area contributed by atoms with Crippen molar-refractivity contribution in [1.29, 1.82) is 0 Å². The molecule has 0 unspecified atom stereocenters. The molecule has 0 saturated carbocycles. The Balaban J connectivity index is 1.61. The van der Waals surface area contributed by atoms with Gasteiger partial charge in [-0.1, -0.05) is 12.1 Å². The number of aromatic amines is 1. The van der Waals surface area contributed by atoms with E-state index in [0.717, 1.165) is 11.0 Å². The third-order valence-electron chi connectivity index (χ3n) is 4.56. The fraction of sp³-hybridized carbons (Fsp3) is 0.167. The summed E-state index contributed by atoms with van der Waals surface area (Å²) in [6.45, 7) is 1.77. The minimum atomic E-state index is -3.90. The highest BCUT2D eigenvalue weighted by Crippen LogP contribution is 2.29. The Kier molecular flexibility index (Phi) is 3.77. The van der Waals surface area contributed by atoms with Crippen LogP contribution in [0.1, 0.15) is 39.5 Å². The maximum Gasteiger partial charge on any atom is 0.268 e. The molecule has 0 radical (unpaired) electrons. The number of rotatable bonds is 3. The van der Waals surface area contributed by atoms with Crippen LogP contribution in [0, 0.1) is 0 Å². The van der Waals surface area contributed by atoms with E-state index in [9.17, 15) is 18.0 Å². The quantitative estimate of drug-likeness (QED) is 0.715. The summed E-state index contributed by atoms with van der Waals surface area (Å²) in [4.78, 5) is 32.0. The summed E-state index contributed by atoms with van der Waals surface area (Å²) in [5.74, 6) is -0.469. The van der Waals surface area contributed by atoms with Crippen LogP contribution in [0.3, 0.4) is 0 Å². The van der Waals surface area contributed by atoms with E-state index in [2.05, 4.69) is 15.3 Å². The molecule has 4 rings (SSSR count). The highest BCUT2D eigenvalue weighted by atomic mass is 32.2. The molecule has 27 heavy (non-hydrogen) atoms. The van der Waals surface area contributed by atoms with Crippen LogP contribution in [-0.2, 0) is 10.0 Å². The van der Waals surface area contributed by atoms with Gasteiger partial charge in [0.2, 0.25) is 0 Å². The van der Waals surface area contributed by atoms with Crippen molar-refractivity contribution in [2.45, 2.75) is 17.9 Å². The third kappa shape index (κ3) is 2.67. The summed E-state index contributed by atoms with van der Waals surface area (Å²) in [5, 5.41) is 2.79. The number of hydrogen-bond acceptors (Lipinski definition) is 5. The Bertz CT molecular complexity index is 1170. The second-order valence-corrected chi connectivity index (χ2v) is 8.26. The monoisotopic (exact) mass is 384 g/mol. The van der Waals surface area contributed by atoms with Crippen molar-refractivity contribution < 1.29 is 18.0 Å². The van der Waals surface area contributed by atoms with Gasteiger partial charge in [0, 0.05) is 12.6 Å². The maximum absolute atomic E-state index is 12.6. The van der Waals surface area contributed by atoms with Crippen molar-refractivity contribution in [3.63, 3.8) is 0 Å².